The van der Waals surface area contributed by atoms with Gasteiger partial charge in [-0.15, -0.1) is 11.6 Å². The van der Waals surface area contributed by atoms with Crippen molar-refractivity contribution in [3.8, 4) is 0 Å². The third-order valence-corrected chi connectivity index (χ3v) is 3.37. The summed E-state index contributed by atoms with van der Waals surface area (Å²) in [6, 6.07) is 9.63. The van der Waals surface area contributed by atoms with Crippen LogP contribution in [-0.4, -0.2) is 17.4 Å². The molecule has 1 aromatic carbocycles. The minimum atomic E-state index is -0.655. The second kappa shape index (κ2) is 6.02. The van der Waals surface area contributed by atoms with Crippen LogP contribution in [0.15, 0.2) is 30.3 Å². The van der Waals surface area contributed by atoms with Crippen LogP contribution in [0.3, 0.4) is 0 Å². The molecule has 1 amide bonds. The molecule has 4 heteroatoms. The standard InChI is InChI=1S/C15H17ClN2O/c1-3-8-17-15(19)14(16)12-6-7-13-11(9-12)5-4-10(2)18-13/h4-7,9,14H,3,8H2,1-2H3,(H,17,19). The quantitative estimate of drug-likeness (QED) is 0.870. The molecule has 0 spiro atoms. The first kappa shape index (κ1) is 13.8. The number of amides is 1. The molecule has 1 heterocycles. The number of rotatable bonds is 4. The topological polar surface area (TPSA) is 42.0 Å². The Kier molecular flexibility index (Phi) is 4.38. The monoisotopic (exact) mass is 276 g/mol. The fourth-order valence-corrected chi connectivity index (χ4v) is 2.11. The molecule has 2 aromatic rings. The van der Waals surface area contributed by atoms with Crippen LogP contribution in [0.2, 0.25) is 0 Å². The Bertz CT molecular complexity index is 598. The highest BCUT2D eigenvalue weighted by Crippen LogP contribution is 2.24. The van der Waals surface area contributed by atoms with Crippen molar-refractivity contribution in [2.45, 2.75) is 25.6 Å². The van der Waals surface area contributed by atoms with Crippen LogP contribution in [0.5, 0.6) is 0 Å². The molecule has 1 atom stereocenters. The molecule has 1 aromatic heterocycles. The first-order valence-electron chi connectivity index (χ1n) is 6.41. The lowest BCUT2D eigenvalue weighted by atomic mass is 10.1. The van der Waals surface area contributed by atoms with E-state index >= 15 is 0 Å². The van der Waals surface area contributed by atoms with Crippen LogP contribution in [0.4, 0.5) is 0 Å². The minimum Gasteiger partial charge on any atom is -0.355 e. The molecule has 0 aliphatic carbocycles. The molecule has 100 valence electrons. The van der Waals surface area contributed by atoms with Gasteiger partial charge in [0.15, 0.2) is 0 Å². The van der Waals surface area contributed by atoms with E-state index in [1.165, 1.54) is 0 Å². The van der Waals surface area contributed by atoms with Crippen LogP contribution in [0.1, 0.15) is 30.0 Å². The third kappa shape index (κ3) is 3.24. The molecule has 0 saturated heterocycles. The van der Waals surface area contributed by atoms with E-state index < -0.39 is 5.38 Å². The largest absolute Gasteiger partial charge is 0.355 e. The van der Waals surface area contributed by atoms with E-state index in [1.807, 2.05) is 44.2 Å². The van der Waals surface area contributed by atoms with Crippen molar-refractivity contribution in [2.75, 3.05) is 6.54 Å². The molecule has 0 bridgehead atoms. The Morgan fingerprint density at radius 3 is 2.89 bits per heavy atom. The lowest BCUT2D eigenvalue weighted by Crippen LogP contribution is -2.27. The van der Waals surface area contributed by atoms with Crippen molar-refractivity contribution >= 4 is 28.4 Å². The number of halogens is 1. The van der Waals surface area contributed by atoms with Crippen molar-refractivity contribution < 1.29 is 4.79 Å². The SMILES string of the molecule is CCCNC(=O)C(Cl)c1ccc2nc(C)ccc2c1. The van der Waals surface area contributed by atoms with Crippen molar-refractivity contribution in [1.82, 2.24) is 10.3 Å². The summed E-state index contributed by atoms with van der Waals surface area (Å²) >= 11 is 6.19. The Hall–Kier alpha value is -1.61. The first-order valence-corrected chi connectivity index (χ1v) is 6.84. The van der Waals surface area contributed by atoms with Gasteiger partial charge >= 0.3 is 0 Å². The van der Waals surface area contributed by atoms with Gasteiger partial charge in [-0.25, -0.2) is 0 Å². The van der Waals surface area contributed by atoms with Crippen LogP contribution in [0, 0.1) is 6.92 Å². The number of hydrogen-bond acceptors (Lipinski definition) is 2. The number of benzene rings is 1. The number of nitrogens with one attached hydrogen (secondary N) is 1. The first-order chi connectivity index (χ1) is 9.11. The molecular weight excluding hydrogens is 260 g/mol. The Morgan fingerprint density at radius 2 is 2.16 bits per heavy atom. The number of carbonyl (C=O) groups excluding carboxylic acids is 1. The average Bonchev–Trinajstić information content (AvgIpc) is 2.43. The number of nitrogens with zero attached hydrogens (tertiary/aromatic N) is 1. The molecule has 0 fully saturated rings. The van der Waals surface area contributed by atoms with Gasteiger partial charge in [0.2, 0.25) is 5.91 Å². The van der Waals surface area contributed by atoms with E-state index in [1.54, 1.807) is 0 Å². The van der Waals surface area contributed by atoms with Gasteiger partial charge < -0.3 is 5.32 Å². The summed E-state index contributed by atoms with van der Waals surface area (Å²) in [6.07, 6.45) is 0.899. The zero-order valence-electron chi connectivity index (χ0n) is 11.1. The normalized spacial score (nSPS) is 12.4. The highest BCUT2D eigenvalue weighted by Gasteiger charge is 2.17. The fraction of sp³-hybridized carbons (Fsp3) is 0.333. The predicted molar refractivity (Wildman–Crippen MR) is 78.4 cm³/mol. The van der Waals surface area contributed by atoms with E-state index in [0.717, 1.165) is 28.6 Å². The maximum Gasteiger partial charge on any atom is 0.242 e. The van der Waals surface area contributed by atoms with Crippen LogP contribution < -0.4 is 5.32 Å². The number of fused-ring (bicyclic) bond motifs is 1. The smallest absolute Gasteiger partial charge is 0.242 e. The van der Waals surface area contributed by atoms with E-state index in [2.05, 4.69) is 10.3 Å². The highest BCUT2D eigenvalue weighted by atomic mass is 35.5. The number of pyridine rings is 1. The molecule has 0 aliphatic heterocycles. The minimum absolute atomic E-state index is 0.150. The summed E-state index contributed by atoms with van der Waals surface area (Å²) in [7, 11) is 0. The average molecular weight is 277 g/mol. The Morgan fingerprint density at radius 1 is 1.37 bits per heavy atom. The molecule has 3 nitrogen and oxygen atoms in total. The Labute approximate surface area is 118 Å². The lowest BCUT2D eigenvalue weighted by molar-refractivity contribution is -0.120. The molecular formula is C15H17ClN2O. The highest BCUT2D eigenvalue weighted by molar-refractivity contribution is 6.30. The van der Waals surface area contributed by atoms with Gasteiger partial charge in [0.25, 0.3) is 0 Å². The van der Waals surface area contributed by atoms with Crippen LogP contribution in [0.25, 0.3) is 10.9 Å². The van der Waals surface area contributed by atoms with Crippen molar-refractivity contribution in [3.63, 3.8) is 0 Å². The molecule has 0 aliphatic rings. The van der Waals surface area contributed by atoms with E-state index in [9.17, 15) is 4.79 Å². The van der Waals surface area contributed by atoms with E-state index in [0.29, 0.717) is 6.54 Å². The van der Waals surface area contributed by atoms with Gasteiger partial charge in [-0.3, -0.25) is 9.78 Å². The zero-order chi connectivity index (χ0) is 13.8. The molecule has 0 saturated carbocycles. The van der Waals surface area contributed by atoms with Crippen molar-refractivity contribution in [2.24, 2.45) is 0 Å². The summed E-state index contributed by atoms with van der Waals surface area (Å²) < 4.78 is 0. The van der Waals surface area contributed by atoms with Gasteiger partial charge in [0, 0.05) is 17.6 Å². The maximum atomic E-state index is 11.8. The number of aromatic nitrogens is 1. The summed E-state index contributed by atoms with van der Waals surface area (Å²) in [6.45, 7) is 4.61. The van der Waals surface area contributed by atoms with Gasteiger partial charge in [0.05, 0.1) is 5.52 Å². The Balaban J connectivity index is 2.25. The molecule has 0 radical (unpaired) electrons. The number of aryl methyl sites for hydroxylation is 1. The zero-order valence-corrected chi connectivity index (χ0v) is 11.9. The summed E-state index contributed by atoms with van der Waals surface area (Å²) in [5, 5.41) is 3.14. The second-order valence-corrected chi connectivity index (χ2v) is 4.99. The number of alkyl halides is 1. The lowest BCUT2D eigenvalue weighted by Gasteiger charge is -2.11. The van der Waals surface area contributed by atoms with Crippen LogP contribution in [-0.2, 0) is 4.79 Å². The van der Waals surface area contributed by atoms with Crippen molar-refractivity contribution in [3.05, 3.63) is 41.6 Å². The van der Waals surface area contributed by atoms with Gasteiger partial charge in [0.1, 0.15) is 5.38 Å². The summed E-state index contributed by atoms with van der Waals surface area (Å²) in [4.78, 5) is 16.3. The molecule has 2 rings (SSSR count). The van der Waals surface area contributed by atoms with Gasteiger partial charge in [-0.2, -0.15) is 0 Å². The molecule has 19 heavy (non-hydrogen) atoms. The third-order valence-electron chi connectivity index (χ3n) is 2.92. The molecule has 1 unspecified atom stereocenters. The maximum absolute atomic E-state index is 11.8. The summed E-state index contributed by atoms with van der Waals surface area (Å²) in [5.41, 5.74) is 2.69. The predicted octanol–water partition coefficient (Wildman–Crippen LogP) is 3.35. The van der Waals surface area contributed by atoms with E-state index in [4.69, 9.17) is 11.6 Å². The molecule has 1 N–H and O–H groups in total. The fourth-order valence-electron chi connectivity index (χ4n) is 1.89. The van der Waals surface area contributed by atoms with Gasteiger partial charge in [-0.1, -0.05) is 19.1 Å². The van der Waals surface area contributed by atoms with Crippen molar-refractivity contribution in [1.29, 1.82) is 0 Å². The van der Waals surface area contributed by atoms with E-state index in [-0.39, 0.29) is 5.91 Å². The van der Waals surface area contributed by atoms with Crippen LogP contribution >= 0.6 is 11.6 Å². The number of hydrogen-bond donors (Lipinski definition) is 1. The second-order valence-electron chi connectivity index (χ2n) is 4.56. The number of carbonyl (C=O) groups is 1. The van der Waals surface area contributed by atoms with Gasteiger partial charge in [-0.05, 0) is 37.1 Å². The summed E-state index contributed by atoms with van der Waals surface area (Å²) in [5.74, 6) is -0.150.